The number of hydrogen-bond acceptors (Lipinski definition) is 5. The molecule has 4 rings (SSSR count). The number of pyridine rings is 1. The highest BCUT2D eigenvalue weighted by atomic mass is 35.5. The molecule has 0 aliphatic rings. The van der Waals surface area contributed by atoms with Crippen molar-refractivity contribution in [3.8, 4) is 11.6 Å². The van der Waals surface area contributed by atoms with Crippen molar-refractivity contribution in [2.75, 3.05) is 10.6 Å². The number of halogens is 1. The zero-order valence-corrected chi connectivity index (χ0v) is 19.5. The van der Waals surface area contributed by atoms with Crippen LogP contribution in [0.2, 0.25) is 5.02 Å². The highest BCUT2D eigenvalue weighted by Crippen LogP contribution is 2.31. The van der Waals surface area contributed by atoms with Crippen LogP contribution in [0.25, 0.3) is 0 Å². The molecule has 0 aliphatic heterocycles. The number of hydrogen-bond donors (Lipinski definition) is 2. The fourth-order valence-corrected chi connectivity index (χ4v) is 3.84. The van der Waals surface area contributed by atoms with Crippen LogP contribution in [0.5, 0.6) is 11.6 Å². The molecule has 0 saturated carbocycles. The van der Waals surface area contributed by atoms with E-state index in [1.165, 1.54) is 17.4 Å². The first kappa shape index (κ1) is 22.5. The van der Waals surface area contributed by atoms with Crippen molar-refractivity contribution in [2.45, 2.75) is 13.8 Å². The maximum absolute atomic E-state index is 13.0. The average molecular weight is 478 g/mol. The van der Waals surface area contributed by atoms with Gasteiger partial charge in [-0.15, -0.1) is 11.3 Å². The molecule has 0 unspecified atom stereocenters. The van der Waals surface area contributed by atoms with Gasteiger partial charge in [0.2, 0.25) is 5.88 Å². The molecule has 0 aliphatic carbocycles. The van der Waals surface area contributed by atoms with Gasteiger partial charge in [-0.1, -0.05) is 29.8 Å². The molecule has 0 spiro atoms. The van der Waals surface area contributed by atoms with E-state index in [1.807, 2.05) is 37.4 Å². The summed E-state index contributed by atoms with van der Waals surface area (Å²) >= 11 is 7.55. The molecular weight excluding hydrogens is 458 g/mol. The zero-order valence-electron chi connectivity index (χ0n) is 17.9. The van der Waals surface area contributed by atoms with Gasteiger partial charge in [0.05, 0.1) is 15.6 Å². The average Bonchev–Trinajstić information content (AvgIpc) is 3.35. The Balaban J connectivity index is 1.54. The number of amides is 2. The summed E-state index contributed by atoms with van der Waals surface area (Å²) < 4.78 is 5.99. The van der Waals surface area contributed by atoms with E-state index in [1.54, 1.807) is 42.6 Å². The van der Waals surface area contributed by atoms with E-state index in [9.17, 15) is 9.59 Å². The Morgan fingerprint density at radius 1 is 0.939 bits per heavy atom. The van der Waals surface area contributed by atoms with Gasteiger partial charge in [0, 0.05) is 11.8 Å². The van der Waals surface area contributed by atoms with Crippen LogP contribution in [0.3, 0.4) is 0 Å². The van der Waals surface area contributed by atoms with Crippen LogP contribution in [0, 0.1) is 13.8 Å². The van der Waals surface area contributed by atoms with Gasteiger partial charge < -0.3 is 15.4 Å². The summed E-state index contributed by atoms with van der Waals surface area (Å²) in [5.41, 5.74) is 3.17. The molecular formula is C25H20ClN3O3S. The molecule has 6 nitrogen and oxygen atoms in total. The highest BCUT2D eigenvalue weighted by molar-refractivity contribution is 7.12. The van der Waals surface area contributed by atoms with Crippen molar-refractivity contribution in [3.05, 3.63) is 98.8 Å². The standard InChI is InChI=1S/C25H20ClN3O3S/c1-15-6-3-8-21(16(15)2)32-25-19(7-4-12-27-25)28-23(30)17-10-11-18(26)20(14-17)29-24(31)22-9-5-13-33-22/h3-14H,1-2H3,(H,28,30)(H,29,31). The number of carbonyl (C=O) groups excluding carboxylic acids is 2. The third-order valence-corrected chi connectivity index (χ3v) is 6.20. The third kappa shape index (κ3) is 5.22. The number of thiophene rings is 1. The smallest absolute Gasteiger partial charge is 0.265 e. The molecule has 0 radical (unpaired) electrons. The van der Waals surface area contributed by atoms with Crippen molar-refractivity contribution in [3.63, 3.8) is 0 Å². The minimum Gasteiger partial charge on any atom is -0.437 e. The van der Waals surface area contributed by atoms with E-state index < -0.39 is 5.91 Å². The van der Waals surface area contributed by atoms with E-state index in [0.29, 0.717) is 32.6 Å². The number of rotatable bonds is 6. The largest absolute Gasteiger partial charge is 0.437 e. The van der Waals surface area contributed by atoms with Crippen LogP contribution in [0.4, 0.5) is 11.4 Å². The van der Waals surface area contributed by atoms with Crippen LogP contribution >= 0.6 is 22.9 Å². The summed E-state index contributed by atoms with van der Waals surface area (Å²) in [6.07, 6.45) is 1.59. The molecule has 2 amide bonds. The minimum atomic E-state index is -0.392. The van der Waals surface area contributed by atoms with Gasteiger partial charge in [0.15, 0.2) is 0 Å². The third-order valence-electron chi connectivity index (χ3n) is 5.00. The van der Waals surface area contributed by atoms with Crippen molar-refractivity contribution >= 4 is 46.1 Å². The molecule has 0 saturated heterocycles. The lowest BCUT2D eigenvalue weighted by Crippen LogP contribution is -2.15. The first-order chi connectivity index (χ1) is 15.9. The number of aromatic nitrogens is 1. The topological polar surface area (TPSA) is 80.3 Å². The number of carbonyl (C=O) groups is 2. The SMILES string of the molecule is Cc1cccc(Oc2ncccc2NC(=O)c2ccc(Cl)c(NC(=O)c3cccs3)c2)c1C. The molecule has 8 heteroatoms. The van der Waals surface area contributed by atoms with Gasteiger partial charge in [-0.3, -0.25) is 9.59 Å². The summed E-state index contributed by atoms with van der Waals surface area (Å²) in [6, 6.07) is 17.4. The van der Waals surface area contributed by atoms with Gasteiger partial charge in [-0.25, -0.2) is 4.98 Å². The fraction of sp³-hybridized carbons (Fsp3) is 0.0800. The normalized spacial score (nSPS) is 10.5. The van der Waals surface area contributed by atoms with Crippen LogP contribution in [0.15, 0.2) is 72.2 Å². The zero-order chi connectivity index (χ0) is 23.4. The highest BCUT2D eigenvalue weighted by Gasteiger charge is 2.16. The second-order valence-corrected chi connectivity index (χ2v) is 8.59. The molecule has 33 heavy (non-hydrogen) atoms. The van der Waals surface area contributed by atoms with E-state index in [4.69, 9.17) is 16.3 Å². The first-order valence-electron chi connectivity index (χ1n) is 10.1. The summed E-state index contributed by atoms with van der Waals surface area (Å²) in [4.78, 5) is 30.2. The quantitative estimate of drug-likeness (QED) is 0.323. The summed E-state index contributed by atoms with van der Waals surface area (Å²) in [7, 11) is 0. The van der Waals surface area contributed by atoms with Gasteiger partial charge in [0.1, 0.15) is 11.4 Å². The van der Waals surface area contributed by atoms with Crippen LogP contribution in [0.1, 0.15) is 31.2 Å². The molecule has 166 valence electrons. The minimum absolute atomic E-state index is 0.278. The monoisotopic (exact) mass is 477 g/mol. The Labute approximate surface area is 200 Å². The van der Waals surface area contributed by atoms with E-state index in [2.05, 4.69) is 15.6 Å². The van der Waals surface area contributed by atoms with Crippen molar-refractivity contribution in [2.24, 2.45) is 0 Å². The number of nitrogens with one attached hydrogen (secondary N) is 2. The molecule has 2 aromatic carbocycles. The van der Waals surface area contributed by atoms with Crippen molar-refractivity contribution < 1.29 is 14.3 Å². The first-order valence-corrected chi connectivity index (χ1v) is 11.3. The van der Waals surface area contributed by atoms with Gasteiger partial charge in [-0.05, 0) is 72.8 Å². The Morgan fingerprint density at radius 3 is 2.55 bits per heavy atom. The lowest BCUT2D eigenvalue weighted by molar-refractivity contribution is 0.101. The molecule has 2 aromatic heterocycles. The van der Waals surface area contributed by atoms with E-state index >= 15 is 0 Å². The fourth-order valence-electron chi connectivity index (χ4n) is 3.05. The number of ether oxygens (including phenoxy) is 1. The van der Waals surface area contributed by atoms with Crippen LogP contribution in [-0.2, 0) is 0 Å². The summed E-state index contributed by atoms with van der Waals surface area (Å²) in [5, 5.41) is 7.72. The maximum atomic E-state index is 13.0. The van der Waals surface area contributed by atoms with Gasteiger partial charge >= 0.3 is 0 Å². The predicted octanol–water partition coefficient (Wildman–Crippen LogP) is 6.71. The molecule has 0 atom stereocenters. The van der Waals surface area contributed by atoms with Gasteiger partial charge in [-0.2, -0.15) is 0 Å². The number of benzene rings is 2. The predicted molar refractivity (Wildman–Crippen MR) is 132 cm³/mol. The Kier molecular flexibility index (Phi) is 6.72. The molecule has 0 bridgehead atoms. The lowest BCUT2D eigenvalue weighted by Gasteiger charge is -2.14. The Morgan fingerprint density at radius 2 is 1.76 bits per heavy atom. The van der Waals surface area contributed by atoms with Crippen molar-refractivity contribution in [1.82, 2.24) is 4.98 Å². The molecule has 2 heterocycles. The second kappa shape index (κ2) is 9.85. The van der Waals surface area contributed by atoms with Gasteiger partial charge in [0.25, 0.3) is 11.8 Å². The molecule has 2 N–H and O–H groups in total. The second-order valence-electron chi connectivity index (χ2n) is 7.24. The Bertz CT molecular complexity index is 1320. The molecule has 0 fully saturated rings. The maximum Gasteiger partial charge on any atom is 0.265 e. The van der Waals surface area contributed by atoms with Crippen LogP contribution in [-0.4, -0.2) is 16.8 Å². The lowest BCUT2D eigenvalue weighted by atomic mass is 10.1. The summed E-state index contributed by atoms with van der Waals surface area (Å²) in [6.45, 7) is 3.96. The number of aryl methyl sites for hydroxylation is 1. The van der Waals surface area contributed by atoms with E-state index in [0.717, 1.165) is 11.1 Å². The van der Waals surface area contributed by atoms with Crippen LogP contribution < -0.4 is 15.4 Å². The number of anilines is 2. The summed E-state index contributed by atoms with van der Waals surface area (Å²) in [5.74, 6) is 0.257. The van der Waals surface area contributed by atoms with Crippen molar-refractivity contribution in [1.29, 1.82) is 0 Å². The Hall–Kier alpha value is -3.68. The van der Waals surface area contributed by atoms with E-state index in [-0.39, 0.29) is 11.8 Å². The number of nitrogens with zero attached hydrogens (tertiary/aromatic N) is 1. The molecule has 4 aromatic rings.